The van der Waals surface area contributed by atoms with Crippen molar-refractivity contribution in [2.24, 2.45) is 0 Å². The maximum absolute atomic E-state index is 12.1. The van der Waals surface area contributed by atoms with Crippen molar-refractivity contribution in [3.63, 3.8) is 0 Å². The highest BCUT2D eigenvalue weighted by atomic mass is 32.2. The highest BCUT2D eigenvalue weighted by Gasteiger charge is 2.17. The zero-order valence-corrected chi connectivity index (χ0v) is 15.8. The summed E-state index contributed by atoms with van der Waals surface area (Å²) in [5.74, 6) is 0.644. The molecule has 0 bridgehead atoms. The third-order valence-electron chi connectivity index (χ3n) is 4.41. The number of nitrogens with one attached hydrogen (secondary N) is 1. The molecular weight excluding hydrogens is 340 g/mol. The lowest BCUT2D eigenvalue weighted by molar-refractivity contribution is 0.0952. The quantitative estimate of drug-likeness (QED) is 0.679. The van der Waals surface area contributed by atoms with E-state index in [2.05, 4.69) is 5.32 Å². The minimum Gasteiger partial charge on any atom is -0.490 e. The first kappa shape index (κ1) is 19.7. The van der Waals surface area contributed by atoms with Gasteiger partial charge in [-0.05, 0) is 56.4 Å². The Morgan fingerprint density at radius 1 is 1.24 bits per heavy atom. The summed E-state index contributed by atoms with van der Waals surface area (Å²) in [6, 6.07) is 7.17. The van der Waals surface area contributed by atoms with Crippen LogP contribution in [0.1, 0.15) is 49.4 Å². The first-order valence-electron chi connectivity index (χ1n) is 8.90. The van der Waals surface area contributed by atoms with E-state index in [9.17, 15) is 13.2 Å². The molecule has 6 nitrogen and oxygen atoms in total. The molecule has 1 amide bonds. The average molecular weight is 368 g/mol. The monoisotopic (exact) mass is 368 g/mol. The van der Waals surface area contributed by atoms with Gasteiger partial charge in [-0.2, -0.15) is 0 Å². The molecule has 2 rings (SSSR count). The largest absolute Gasteiger partial charge is 0.490 e. The number of ether oxygens (including phenoxy) is 1. The van der Waals surface area contributed by atoms with E-state index >= 15 is 0 Å². The lowest BCUT2D eigenvalue weighted by Crippen LogP contribution is -2.33. The van der Waals surface area contributed by atoms with Crippen molar-refractivity contribution in [1.29, 1.82) is 0 Å². The summed E-state index contributed by atoms with van der Waals surface area (Å²) < 4.78 is 30.3. The van der Waals surface area contributed by atoms with Crippen LogP contribution in [0.25, 0.3) is 0 Å². The van der Waals surface area contributed by atoms with Crippen LogP contribution in [0.5, 0.6) is 5.75 Å². The lowest BCUT2D eigenvalue weighted by atomic mass is 10.2. The second-order valence-corrected chi connectivity index (χ2v) is 8.40. The number of sulfonamides is 1. The Balaban J connectivity index is 1.75. The fraction of sp³-hybridized carbons (Fsp3) is 0.611. The molecular formula is C18H28N2O4S. The number of carbonyl (C=O) groups is 1. The van der Waals surface area contributed by atoms with Gasteiger partial charge in [0.15, 0.2) is 0 Å². The molecule has 1 aliphatic rings. The van der Waals surface area contributed by atoms with E-state index in [1.54, 1.807) is 19.1 Å². The van der Waals surface area contributed by atoms with Crippen molar-refractivity contribution in [3.05, 3.63) is 29.8 Å². The second-order valence-electron chi connectivity index (χ2n) is 6.41. The highest BCUT2D eigenvalue weighted by molar-refractivity contribution is 7.88. The predicted molar refractivity (Wildman–Crippen MR) is 98.4 cm³/mol. The number of nitrogens with zero attached hydrogens (tertiary/aromatic N) is 1. The lowest BCUT2D eigenvalue weighted by Gasteiger charge is -2.17. The van der Waals surface area contributed by atoms with Crippen LogP contribution >= 0.6 is 0 Å². The molecule has 1 aromatic carbocycles. The van der Waals surface area contributed by atoms with Crippen LogP contribution in [-0.2, 0) is 10.0 Å². The molecule has 140 valence electrons. The fourth-order valence-electron chi connectivity index (χ4n) is 3.00. The predicted octanol–water partition coefficient (Wildman–Crippen LogP) is 2.41. The molecule has 0 atom stereocenters. The van der Waals surface area contributed by atoms with Crippen molar-refractivity contribution in [3.8, 4) is 5.75 Å². The number of benzene rings is 1. The van der Waals surface area contributed by atoms with E-state index in [1.807, 2.05) is 12.1 Å². The maximum atomic E-state index is 12.1. The smallest absolute Gasteiger partial charge is 0.251 e. The first-order chi connectivity index (χ1) is 11.9. The Morgan fingerprint density at radius 2 is 1.88 bits per heavy atom. The Morgan fingerprint density at radius 3 is 2.44 bits per heavy atom. The number of hydrogen-bond acceptors (Lipinski definition) is 4. The topological polar surface area (TPSA) is 75.7 Å². The molecule has 0 aromatic heterocycles. The van der Waals surface area contributed by atoms with E-state index in [0.717, 1.165) is 18.6 Å². The molecule has 1 aromatic rings. The maximum Gasteiger partial charge on any atom is 0.251 e. The number of hydrogen-bond donors (Lipinski definition) is 1. The van der Waals surface area contributed by atoms with E-state index in [-0.39, 0.29) is 5.91 Å². The minimum atomic E-state index is -3.18. The Kier molecular flexibility index (Phi) is 7.25. The molecule has 0 radical (unpaired) electrons. The van der Waals surface area contributed by atoms with E-state index in [4.69, 9.17) is 4.74 Å². The Labute approximate surface area is 150 Å². The van der Waals surface area contributed by atoms with Gasteiger partial charge in [0, 0.05) is 25.2 Å². The van der Waals surface area contributed by atoms with Crippen LogP contribution in [0.3, 0.4) is 0 Å². The van der Waals surface area contributed by atoms with E-state index < -0.39 is 10.0 Å². The average Bonchev–Trinajstić information content (AvgIpc) is 3.07. The van der Waals surface area contributed by atoms with Gasteiger partial charge in [-0.15, -0.1) is 0 Å². The first-order valence-corrected chi connectivity index (χ1v) is 10.7. The molecule has 0 saturated heterocycles. The number of carbonyl (C=O) groups excluding carboxylic acids is 1. The Hall–Kier alpha value is -1.60. The van der Waals surface area contributed by atoms with Crippen LogP contribution in [0, 0.1) is 0 Å². The van der Waals surface area contributed by atoms with Gasteiger partial charge in [0.25, 0.3) is 5.91 Å². The van der Waals surface area contributed by atoms with Crippen LogP contribution in [0.15, 0.2) is 24.3 Å². The second kappa shape index (κ2) is 9.20. The molecule has 0 spiro atoms. The summed E-state index contributed by atoms with van der Waals surface area (Å²) in [6.45, 7) is 3.08. The zero-order chi connectivity index (χ0) is 18.3. The third kappa shape index (κ3) is 6.32. The van der Waals surface area contributed by atoms with Crippen LogP contribution in [0.4, 0.5) is 0 Å². The molecule has 7 heteroatoms. The summed E-state index contributed by atoms with van der Waals surface area (Å²) >= 11 is 0. The van der Waals surface area contributed by atoms with Crippen LogP contribution in [-0.4, -0.2) is 50.6 Å². The van der Waals surface area contributed by atoms with Gasteiger partial charge in [-0.25, -0.2) is 12.7 Å². The van der Waals surface area contributed by atoms with E-state index in [1.165, 1.54) is 23.4 Å². The molecule has 1 saturated carbocycles. The van der Waals surface area contributed by atoms with Crippen molar-refractivity contribution >= 4 is 15.9 Å². The van der Waals surface area contributed by atoms with Crippen molar-refractivity contribution in [2.45, 2.75) is 45.1 Å². The highest BCUT2D eigenvalue weighted by Crippen LogP contribution is 2.24. The van der Waals surface area contributed by atoms with Gasteiger partial charge in [-0.3, -0.25) is 4.79 Å². The van der Waals surface area contributed by atoms with Crippen LogP contribution in [0.2, 0.25) is 0 Å². The van der Waals surface area contributed by atoms with Gasteiger partial charge >= 0.3 is 0 Å². The Bertz CT molecular complexity index is 652. The molecule has 0 heterocycles. The van der Waals surface area contributed by atoms with Crippen molar-refractivity contribution in [2.75, 3.05) is 25.9 Å². The molecule has 1 fully saturated rings. The van der Waals surface area contributed by atoms with Gasteiger partial charge in [0.2, 0.25) is 10.0 Å². The summed E-state index contributed by atoms with van der Waals surface area (Å²) in [6.07, 6.45) is 6.73. The zero-order valence-electron chi connectivity index (χ0n) is 15.0. The molecule has 0 unspecified atom stereocenters. The summed E-state index contributed by atoms with van der Waals surface area (Å²) in [7, 11) is -3.18. The van der Waals surface area contributed by atoms with Crippen molar-refractivity contribution in [1.82, 2.24) is 9.62 Å². The molecule has 25 heavy (non-hydrogen) atoms. The summed E-state index contributed by atoms with van der Waals surface area (Å²) in [4.78, 5) is 12.1. The third-order valence-corrected chi connectivity index (χ3v) is 5.79. The van der Waals surface area contributed by atoms with Crippen LogP contribution < -0.4 is 10.1 Å². The van der Waals surface area contributed by atoms with Gasteiger partial charge in [-0.1, -0.05) is 6.92 Å². The standard InChI is InChI=1S/C18H28N2O4S/c1-3-20(25(2,22)23)14-6-13-19-18(21)15-9-11-17(12-10-15)24-16-7-4-5-8-16/h9-12,16H,3-8,13-14H2,1-2H3,(H,19,21). The van der Waals surface area contributed by atoms with Gasteiger partial charge in [0.05, 0.1) is 12.4 Å². The summed E-state index contributed by atoms with van der Waals surface area (Å²) in [5, 5.41) is 2.82. The summed E-state index contributed by atoms with van der Waals surface area (Å²) in [5.41, 5.74) is 0.578. The van der Waals surface area contributed by atoms with E-state index in [0.29, 0.717) is 37.7 Å². The fourth-order valence-corrected chi connectivity index (χ4v) is 3.93. The number of amides is 1. The number of rotatable bonds is 9. The SMILES string of the molecule is CCN(CCCNC(=O)c1ccc(OC2CCCC2)cc1)S(C)(=O)=O. The molecule has 0 aliphatic heterocycles. The molecule has 1 aliphatic carbocycles. The molecule has 1 N–H and O–H groups in total. The van der Waals surface area contributed by atoms with Gasteiger partial charge < -0.3 is 10.1 Å². The van der Waals surface area contributed by atoms with Gasteiger partial charge in [0.1, 0.15) is 5.75 Å². The normalized spacial score (nSPS) is 15.5. The minimum absolute atomic E-state index is 0.158. The van der Waals surface area contributed by atoms with Crippen molar-refractivity contribution < 1.29 is 17.9 Å².